The number of ether oxygens (including phenoxy) is 1. The molecule has 3 amide bonds. The van der Waals surface area contributed by atoms with E-state index in [4.69, 9.17) is 4.74 Å². The third-order valence-corrected chi connectivity index (χ3v) is 3.99. The Balaban J connectivity index is 1.83. The number of amides is 3. The predicted molar refractivity (Wildman–Crippen MR) is 93.7 cm³/mol. The normalized spacial score (nSPS) is 16.8. The summed E-state index contributed by atoms with van der Waals surface area (Å²) >= 11 is 0. The molecule has 1 aromatic rings. The SMILES string of the molecule is CC(C)(C)OC(=O)N1CC(=O)Nc2ccc(C(=O)NCC3CC3)cc21. The lowest BCUT2D eigenvalue weighted by molar-refractivity contribution is -0.115. The van der Waals surface area contributed by atoms with Crippen molar-refractivity contribution in [1.29, 1.82) is 0 Å². The molecule has 1 heterocycles. The van der Waals surface area contributed by atoms with Crippen molar-refractivity contribution in [2.75, 3.05) is 23.3 Å². The van der Waals surface area contributed by atoms with E-state index in [-0.39, 0.29) is 18.4 Å². The molecule has 0 aromatic heterocycles. The van der Waals surface area contributed by atoms with Crippen LogP contribution in [0.15, 0.2) is 18.2 Å². The molecule has 1 fully saturated rings. The van der Waals surface area contributed by atoms with E-state index in [1.165, 1.54) is 4.90 Å². The van der Waals surface area contributed by atoms with E-state index < -0.39 is 11.7 Å². The highest BCUT2D eigenvalue weighted by Crippen LogP contribution is 2.32. The molecule has 0 spiro atoms. The second-order valence-electron chi connectivity index (χ2n) is 7.50. The second kappa shape index (κ2) is 6.38. The third-order valence-electron chi connectivity index (χ3n) is 3.99. The summed E-state index contributed by atoms with van der Waals surface area (Å²) in [6.07, 6.45) is 1.70. The molecule has 1 saturated carbocycles. The van der Waals surface area contributed by atoms with Crippen LogP contribution >= 0.6 is 0 Å². The minimum Gasteiger partial charge on any atom is -0.443 e. The zero-order chi connectivity index (χ0) is 18.2. The van der Waals surface area contributed by atoms with Gasteiger partial charge in [-0.3, -0.25) is 14.5 Å². The van der Waals surface area contributed by atoms with E-state index in [2.05, 4.69) is 10.6 Å². The molecule has 0 bridgehead atoms. The van der Waals surface area contributed by atoms with Gasteiger partial charge in [0, 0.05) is 12.1 Å². The number of rotatable bonds is 3. The van der Waals surface area contributed by atoms with Crippen LogP contribution in [0.1, 0.15) is 44.0 Å². The number of hydrogen-bond acceptors (Lipinski definition) is 4. The van der Waals surface area contributed by atoms with Crippen LogP contribution in [0.3, 0.4) is 0 Å². The molecule has 0 unspecified atom stereocenters. The largest absolute Gasteiger partial charge is 0.443 e. The van der Waals surface area contributed by atoms with Crippen LogP contribution < -0.4 is 15.5 Å². The zero-order valence-corrected chi connectivity index (χ0v) is 14.7. The fraction of sp³-hybridized carbons (Fsp3) is 0.500. The molecule has 1 aliphatic heterocycles. The lowest BCUT2D eigenvalue weighted by Gasteiger charge is -2.31. The Labute approximate surface area is 146 Å². The van der Waals surface area contributed by atoms with E-state index in [1.54, 1.807) is 39.0 Å². The number of carbonyl (C=O) groups is 3. The van der Waals surface area contributed by atoms with Crippen molar-refractivity contribution < 1.29 is 19.1 Å². The molecule has 3 rings (SSSR count). The molecule has 2 N–H and O–H groups in total. The highest BCUT2D eigenvalue weighted by atomic mass is 16.6. The van der Waals surface area contributed by atoms with Gasteiger partial charge in [0.15, 0.2) is 0 Å². The maximum Gasteiger partial charge on any atom is 0.415 e. The van der Waals surface area contributed by atoms with Gasteiger partial charge in [-0.05, 0) is 57.7 Å². The molecule has 25 heavy (non-hydrogen) atoms. The Morgan fingerprint density at radius 3 is 2.68 bits per heavy atom. The Hall–Kier alpha value is -2.57. The third kappa shape index (κ3) is 4.29. The average molecular weight is 345 g/mol. The highest BCUT2D eigenvalue weighted by Gasteiger charge is 2.31. The smallest absolute Gasteiger partial charge is 0.415 e. The molecule has 7 nitrogen and oxygen atoms in total. The van der Waals surface area contributed by atoms with Gasteiger partial charge in [0.1, 0.15) is 12.1 Å². The number of carbonyl (C=O) groups excluding carboxylic acids is 3. The summed E-state index contributed by atoms with van der Waals surface area (Å²) in [5.74, 6) is 0.0964. The quantitative estimate of drug-likeness (QED) is 0.881. The van der Waals surface area contributed by atoms with Gasteiger partial charge in [0.05, 0.1) is 11.4 Å². The number of anilines is 2. The fourth-order valence-electron chi connectivity index (χ4n) is 2.56. The summed E-state index contributed by atoms with van der Waals surface area (Å²) in [5, 5.41) is 5.61. The van der Waals surface area contributed by atoms with Crippen molar-refractivity contribution >= 4 is 29.3 Å². The van der Waals surface area contributed by atoms with Crippen molar-refractivity contribution in [2.24, 2.45) is 5.92 Å². The number of fused-ring (bicyclic) bond motifs is 1. The Bertz CT molecular complexity index is 720. The van der Waals surface area contributed by atoms with E-state index >= 15 is 0 Å². The van der Waals surface area contributed by atoms with Crippen molar-refractivity contribution in [3.05, 3.63) is 23.8 Å². The lowest BCUT2D eigenvalue weighted by Crippen LogP contribution is -2.44. The molecule has 7 heteroatoms. The monoisotopic (exact) mass is 345 g/mol. The lowest BCUT2D eigenvalue weighted by atomic mass is 10.1. The zero-order valence-electron chi connectivity index (χ0n) is 14.7. The van der Waals surface area contributed by atoms with Gasteiger partial charge in [0.2, 0.25) is 5.91 Å². The Morgan fingerprint density at radius 2 is 2.04 bits per heavy atom. The van der Waals surface area contributed by atoms with Crippen molar-refractivity contribution in [2.45, 2.75) is 39.2 Å². The van der Waals surface area contributed by atoms with Gasteiger partial charge < -0.3 is 15.4 Å². The van der Waals surface area contributed by atoms with Crippen molar-refractivity contribution in [3.63, 3.8) is 0 Å². The van der Waals surface area contributed by atoms with Crippen molar-refractivity contribution in [3.8, 4) is 0 Å². The number of benzene rings is 1. The van der Waals surface area contributed by atoms with Crippen LogP contribution in [-0.2, 0) is 9.53 Å². The molecule has 1 aliphatic carbocycles. The van der Waals surface area contributed by atoms with Gasteiger partial charge in [-0.25, -0.2) is 4.79 Å². The summed E-state index contributed by atoms with van der Waals surface area (Å²) < 4.78 is 5.38. The molecule has 0 radical (unpaired) electrons. The Kier molecular flexibility index (Phi) is 4.41. The Morgan fingerprint density at radius 1 is 1.32 bits per heavy atom. The summed E-state index contributed by atoms with van der Waals surface area (Å²) in [5.41, 5.74) is 0.725. The van der Waals surface area contributed by atoms with E-state index in [0.717, 1.165) is 12.8 Å². The maximum absolute atomic E-state index is 12.4. The first-order chi connectivity index (χ1) is 11.7. The van der Waals surface area contributed by atoms with Crippen LogP contribution in [0, 0.1) is 5.92 Å². The number of nitrogens with one attached hydrogen (secondary N) is 2. The second-order valence-corrected chi connectivity index (χ2v) is 7.50. The summed E-state index contributed by atoms with van der Waals surface area (Å²) in [4.78, 5) is 37.9. The molecule has 0 saturated heterocycles. The van der Waals surface area contributed by atoms with Crippen LogP contribution in [0.4, 0.5) is 16.2 Å². The van der Waals surface area contributed by atoms with E-state index in [9.17, 15) is 14.4 Å². The van der Waals surface area contributed by atoms with Gasteiger partial charge in [-0.1, -0.05) is 0 Å². The number of hydrogen-bond donors (Lipinski definition) is 2. The first-order valence-corrected chi connectivity index (χ1v) is 8.45. The average Bonchev–Trinajstić information content (AvgIpc) is 3.34. The molecule has 1 aromatic carbocycles. The van der Waals surface area contributed by atoms with Crippen molar-refractivity contribution in [1.82, 2.24) is 5.32 Å². The molecule has 0 atom stereocenters. The van der Waals surface area contributed by atoms with Gasteiger partial charge >= 0.3 is 6.09 Å². The first-order valence-electron chi connectivity index (χ1n) is 8.45. The molecule has 2 aliphatic rings. The van der Waals surface area contributed by atoms with Crippen LogP contribution in [-0.4, -0.2) is 36.6 Å². The topological polar surface area (TPSA) is 87.7 Å². The standard InChI is InChI=1S/C18H23N3O4/c1-18(2,3)25-17(24)21-10-15(22)20-13-7-6-12(8-14(13)21)16(23)19-9-11-4-5-11/h6-8,11H,4-5,9-10H2,1-3H3,(H,19,23)(H,20,22). The maximum atomic E-state index is 12.4. The van der Waals surface area contributed by atoms with Crippen LogP contribution in [0.2, 0.25) is 0 Å². The van der Waals surface area contributed by atoms with Crippen LogP contribution in [0.5, 0.6) is 0 Å². The summed E-state index contributed by atoms with van der Waals surface area (Å²) in [6.45, 7) is 5.81. The van der Waals surface area contributed by atoms with Gasteiger partial charge in [0.25, 0.3) is 5.91 Å². The predicted octanol–water partition coefficient (Wildman–Crippen LogP) is 2.52. The molecule has 134 valence electrons. The molecular weight excluding hydrogens is 322 g/mol. The summed E-state index contributed by atoms with van der Waals surface area (Å²) in [6, 6.07) is 4.89. The fourth-order valence-corrected chi connectivity index (χ4v) is 2.56. The van der Waals surface area contributed by atoms with E-state index in [0.29, 0.717) is 29.4 Å². The number of nitrogens with zero attached hydrogens (tertiary/aromatic N) is 1. The minimum absolute atomic E-state index is 0.144. The summed E-state index contributed by atoms with van der Waals surface area (Å²) in [7, 11) is 0. The molecular formula is C18H23N3O4. The van der Waals surface area contributed by atoms with Gasteiger partial charge in [-0.15, -0.1) is 0 Å². The highest BCUT2D eigenvalue weighted by molar-refractivity contribution is 6.09. The first kappa shape index (κ1) is 17.3. The minimum atomic E-state index is -0.676. The van der Waals surface area contributed by atoms with Crippen LogP contribution in [0.25, 0.3) is 0 Å². The van der Waals surface area contributed by atoms with E-state index in [1.807, 2.05) is 0 Å². The van der Waals surface area contributed by atoms with Gasteiger partial charge in [-0.2, -0.15) is 0 Å².